The van der Waals surface area contributed by atoms with Gasteiger partial charge in [0.05, 0.1) is 12.7 Å². The van der Waals surface area contributed by atoms with Crippen molar-refractivity contribution in [1.29, 1.82) is 0 Å². The van der Waals surface area contributed by atoms with Crippen LogP contribution < -0.4 is 4.74 Å². The van der Waals surface area contributed by atoms with Crippen molar-refractivity contribution < 1.29 is 18.6 Å². The highest BCUT2D eigenvalue weighted by atomic mass is 28.4. The van der Waals surface area contributed by atoms with E-state index in [-0.39, 0.29) is 6.10 Å². The molecule has 2 rings (SSSR count). The fraction of sp³-hybridized carbons (Fsp3) is 0.571. The second-order valence-electron chi connectivity index (χ2n) is 5.63. The van der Waals surface area contributed by atoms with Crippen LogP contribution in [0.15, 0.2) is 18.2 Å². The molecule has 5 heteroatoms. The van der Waals surface area contributed by atoms with Gasteiger partial charge in [0.25, 0.3) is 0 Å². The van der Waals surface area contributed by atoms with Gasteiger partial charge in [0.15, 0.2) is 8.32 Å². The molecule has 0 fully saturated rings. The van der Waals surface area contributed by atoms with Gasteiger partial charge < -0.3 is 18.6 Å². The number of methoxy groups -OCH3 is 3. The SMILES string of the molecule is COc1cccc2c1C(OC)(O[Si](C)(C)C)C2OC. The molecular weight excluding hydrogens is 260 g/mol. The second-order valence-corrected chi connectivity index (χ2v) is 10.1. The van der Waals surface area contributed by atoms with E-state index in [2.05, 4.69) is 19.6 Å². The molecule has 1 aliphatic carbocycles. The van der Waals surface area contributed by atoms with E-state index in [9.17, 15) is 0 Å². The van der Waals surface area contributed by atoms with E-state index in [1.807, 2.05) is 18.2 Å². The van der Waals surface area contributed by atoms with Gasteiger partial charge in [-0.1, -0.05) is 12.1 Å². The van der Waals surface area contributed by atoms with Crippen molar-refractivity contribution in [1.82, 2.24) is 0 Å². The second kappa shape index (κ2) is 4.90. The van der Waals surface area contributed by atoms with Crippen LogP contribution in [0.1, 0.15) is 17.2 Å². The van der Waals surface area contributed by atoms with Crippen molar-refractivity contribution in [2.45, 2.75) is 31.5 Å². The lowest BCUT2D eigenvalue weighted by molar-refractivity contribution is -0.272. The Kier molecular flexibility index (Phi) is 3.75. The zero-order valence-electron chi connectivity index (χ0n) is 12.4. The van der Waals surface area contributed by atoms with E-state index >= 15 is 0 Å². The first-order valence-electron chi connectivity index (χ1n) is 6.35. The van der Waals surface area contributed by atoms with Gasteiger partial charge >= 0.3 is 0 Å². The summed E-state index contributed by atoms with van der Waals surface area (Å²) in [4.78, 5) is 0. The Morgan fingerprint density at radius 2 is 1.79 bits per heavy atom. The lowest BCUT2D eigenvalue weighted by atomic mass is 9.78. The van der Waals surface area contributed by atoms with E-state index < -0.39 is 14.1 Å². The maximum absolute atomic E-state index is 6.29. The highest BCUT2D eigenvalue weighted by molar-refractivity contribution is 6.69. The van der Waals surface area contributed by atoms with Crippen molar-refractivity contribution >= 4 is 8.32 Å². The molecule has 1 aromatic rings. The Morgan fingerprint density at radius 3 is 2.26 bits per heavy atom. The number of hydrogen-bond donors (Lipinski definition) is 0. The van der Waals surface area contributed by atoms with Gasteiger partial charge in [0.2, 0.25) is 5.79 Å². The molecule has 0 saturated heterocycles. The van der Waals surface area contributed by atoms with Crippen molar-refractivity contribution in [3.63, 3.8) is 0 Å². The maximum Gasteiger partial charge on any atom is 0.221 e. The molecule has 1 aromatic carbocycles. The number of fused-ring (bicyclic) bond motifs is 1. The molecule has 0 spiro atoms. The fourth-order valence-corrected chi connectivity index (χ4v) is 3.86. The highest BCUT2D eigenvalue weighted by Gasteiger charge is 2.58. The average molecular weight is 282 g/mol. The Labute approximate surface area is 115 Å². The van der Waals surface area contributed by atoms with Crippen molar-refractivity contribution in [2.75, 3.05) is 21.3 Å². The van der Waals surface area contributed by atoms with Crippen LogP contribution >= 0.6 is 0 Å². The number of rotatable bonds is 5. The molecule has 19 heavy (non-hydrogen) atoms. The van der Waals surface area contributed by atoms with E-state index in [1.54, 1.807) is 21.3 Å². The van der Waals surface area contributed by atoms with Gasteiger partial charge in [0, 0.05) is 14.2 Å². The molecule has 0 aromatic heterocycles. The Balaban J connectivity index is 2.53. The Bertz CT molecular complexity index is 469. The van der Waals surface area contributed by atoms with Crippen LogP contribution in [0.2, 0.25) is 19.6 Å². The number of hydrogen-bond acceptors (Lipinski definition) is 4. The molecule has 0 radical (unpaired) electrons. The lowest BCUT2D eigenvalue weighted by Gasteiger charge is -2.51. The first kappa shape index (κ1) is 14.5. The molecule has 2 unspecified atom stereocenters. The third kappa shape index (κ3) is 2.21. The average Bonchev–Trinajstić information content (AvgIpc) is 2.34. The number of benzene rings is 1. The maximum atomic E-state index is 6.29. The summed E-state index contributed by atoms with van der Waals surface area (Å²) in [7, 11) is 3.18. The van der Waals surface area contributed by atoms with E-state index in [0.717, 1.165) is 16.9 Å². The molecule has 0 amide bonds. The summed E-state index contributed by atoms with van der Waals surface area (Å²) >= 11 is 0. The minimum atomic E-state index is -1.81. The Morgan fingerprint density at radius 1 is 1.11 bits per heavy atom. The quantitative estimate of drug-likeness (QED) is 0.614. The molecule has 0 heterocycles. The van der Waals surface area contributed by atoms with Crippen LogP contribution in [-0.4, -0.2) is 29.6 Å². The van der Waals surface area contributed by atoms with Gasteiger partial charge in [-0.05, 0) is 31.3 Å². The summed E-state index contributed by atoms with van der Waals surface area (Å²) in [6, 6.07) is 5.90. The topological polar surface area (TPSA) is 36.9 Å². The molecule has 0 saturated carbocycles. The third-order valence-electron chi connectivity index (χ3n) is 3.25. The molecule has 4 nitrogen and oxygen atoms in total. The van der Waals surface area contributed by atoms with E-state index in [1.165, 1.54) is 0 Å². The normalized spacial score (nSPS) is 25.7. The van der Waals surface area contributed by atoms with Crippen LogP contribution in [0, 0.1) is 0 Å². The molecule has 2 atom stereocenters. The molecule has 0 aliphatic heterocycles. The molecular formula is C14H22O4Si. The monoisotopic (exact) mass is 282 g/mol. The smallest absolute Gasteiger partial charge is 0.221 e. The van der Waals surface area contributed by atoms with Crippen LogP contribution in [0.5, 0.6) is 5.75 Å². The minimum absolute atomic E-state index is 0.214. The van der Waals surface area contributed by atoms with E-state index in [4.69, 9.17) is 18.6 Å². The van der Waals surface area contributed by atoms with Crippen molar-refractivity contribution in [2.24, 2.45) is 0 Å². The minimum Gasteiger partial charge on any atom is -0.496 e. The van der Waals surface area contributed by atoms with Gasteiger partial charge in [-0.2, -0.15) is 0 Å². The summed E-state index contributed by atoms with van der Waals surface area (Å²) in [5.74, 6) is -0.0628. The summed E-state index contributed by atoms with van der Waals surface area (Å²) in [6.07, 6.45) is -0.214. The molecule has 0 bridgehead atoms. The molecule has 0 N–H and O–H groups in total. The van der Waals surface area contributed by atoms with Crippen LogP contribution in [0.4, 0.5) is 0 Å². The van der Waals surface area contributed by atoms with Crippen LogP contribution in [0.3, 0.4) is 0 Å². The first-order valence-corrected chi connectivity index (χ1v) is 9.76. The summed E-state index contributed by atoms with van der Waals surface area (Å²) in [6.45, 7) is 6.40. The molecule has 106 valence electrons. The highest BCUT2D eigenvalue weighted by Crippen LogP contribution is 2.57. The van der Waals surface area contributed by atoms with Crippen molar-refractivity contribution in [3.05, 3.63) is 29.3 Å². The summed E-state index contributed by atoms with van der Waals surface area (Å²) < 4.78 is 23.0. The summed E-state index contributed by atoms with van der Waals surface area (Å²) in [5.41, 5.74) is 2.02. The summed E-state index contributed by atoms with van der Waals surface area (Å²) in [5, 5.41) is 0. The van der Waals surface area contributed by atoms with E-state index in [0.29, 0.717) is 0 Å². The molecule has 1 aliphatic rings. The Hall–Kier alpha value is -0.883. The predicted molar refractivity (Wildman–Crippen MR) is 75.9 cm³/mol. The largest absolute Gasteiger partial charge is 0.496 e. The lowest BCUT2D eigenvalue weighted by Crippen LogP contribution is -2.53. The standard InChI is InChI=1S/C14H22O4Si/c1-15-11-9-7-8-10-12(11)14(17-3,13(10)16-2)18-19(4,5)6/h7-9,13H,1-6H3. The zero-order chi connectivity index (χ0) is 14.3. The van der Waals surface area contributed by atoms with Crippen molar-refractivity contribution in [3.8, 4) is 5.75 Å². The zero-order valence-corrected chi connectivity index (χ0v) is 13.4. The van der Waals surface area contributed by atoms with Crippen LogP contribution in [0.25, 0.3) is 0 Å². The van der Waals surface area contributed by atoms with Gasteiger partial charge in [-0.15, -0.1) is 0 Å². The fourth-order valence-electron chi connectivity index (χ4n) is 2.66. The number of ether oxygens (including phenoxy) is 3. The first-order chi connectivity index (χ1) is 8.89. The van der Waals surface area contributed by atoms with Gasteiger partial charge in [0.1, 0.15) is 11.9 Å². The third-order valence-corrected chi connectivity index (χ3v) is 4.17. The predicted octanol–water partition coefficient (Wildman–Crippen LogP) is 3.05. The van der Waals surface area contributed by atoms with Gasteiger partial charge in [-0.25, -0.2) is 0 Å². The van der Waals surface area contributed by atoms with Crippen LogP contribution in [-0.2, 0) is 19.7 Å². The van der Waals surface area contributed by atoms with Gasteiger partial charge in [-0.3, -0.25) is 0 Å².